The zero-order valence-electron chi connectivity index (χ0n) is 11.1. The van der Waals surface area contributed by atoms with Crippen LogP contribution in [-0.4, -0.2) is 55.9 Å². The van der Waals surface area contributed by atoms with Crippen molar-refractivity contribution in [3.63, 3.8) is 0 Å². The van der Waals surface area contributed by atoms with Crippen LogP contribution in [0.1, 0.15) is 32.6 Å². The first kappa shape index (κ1) is 13.8. The summed E-state index contributed by atoms with van der Waals surface area (Å²) in [4.78, 5) is 14.3. The van der Waals surface area contributed by atoms with Crippen molar-refractivity contribution in [1.29, 1.82) is 0 Å². The second-order valence-corrected chi connectivity index (χ2v) is 7.84. The quantitative estimate of drug-likeness (QED) is 0.796. The number of sulfone groups is 1. The van der Waals surface area contributed by atoms with Gasteiger partial charge in [-0.05, 0) is 32.7 Å². The van der Waals surface area contributed by atoms with E-state index in [1.807, 2.05) is 0 Å². The molecule has 0 aromatic rings. The molecule has 2 aliphatic heterocycles. The molecule has 2 saturated heterocycles. The van der Waals surface area contributed by atoms with Crippen molar-refractivity contribution >= 4 is 15.7 Å². The molecule has 0 bridgehead atoms. The molecule has 0 aromatic carbocycles. The van der Waals surface area contributed by atoms with E-state index in [0.29, 0.717) is 6.04 Å². The van der Waals surface area contributed by atoms with Gasteiger partial charge < -0.3 is 5.32 Å². The number of carbonyl (C=O) groups excluding carboxylic acids is 1. The van der Waals surface area contributed by atoms with Gasteiger partial charge in [-0.15, -0.1) is 0 Å². The highest BCUT2D eigenvalue weighted by atomic mass is 32.2. The molecule has 2 rings (SSSR count). The molecule has 2 fully saturated rings. The average molecular weight is 274 g/mol. The normalized spacial score (nSPS) is 30.8. The van der Waals surface area contributed by atoms with Gasteiger partial charge in [-0.2, -0.15) is 0 Å². The van der Waals surface area contributed by atoms with Crippen LogP contribution in [0.4, 0.5) is 0 Å². The Bertz CT molecular complexity index is 421. The Morgan fingerprint density at radius 3 is 2.67 bits per heavy atom. The Hall–Kier alpha value is -0.620. The van der Waals surface area contributed by atoms with Crippen LogP contribution in [0.3, 0.4) is 0 Å². The number of nitrogens with zero attached hydrogens (tertiary/aromatic N) is 1. The third-order valence-electron chi connectivity index (χ3n) is 4.20. The van der Waals surface area contributed by atoms with Gasteiger partial charge in [0.2, 0.25) is 5.91 Å². The molecule has 1 amide bonds. The van der Waals surface area contributed by atoms with Crippen LogP contribution in [0.2, 0.25) is 0 Å². The highest BCUT2D eigenvalue weighted by Gasteiger charge is 2.37. The number of fused-ring (bicyclic) bond motifs is 1. The monoisotopic (exact) mass is 274 g/mol. The maximum atomic E-state index is 11.9. The fourth-order valence-electron chi connectivity index (χ4n) is 2.91. The van der Waals surface area contributed by atoms with Crippen molar-refractivity contribution in [2.24, 2.45) is 0 Å². The number of carbonyl (C=O) groups is 1. The largest absolute Gasteiger partial charge is 0.351 e. The van der Waals surface area contributed by atoms with E-state index >= 15 is 0 Å². The molecule has 1 N–H and O–H groups in total. The van der Waals surface area contributed by atoms with Gasteiger partial charge in [0.05, 0.1) is 0 Å². The summed E-state index contributed by atoms with van der Waals surface area (Å²) >= 11 is 0. The fourth-order valence-corrected chi connectivity index (χ4v) is 3.37. The standard InChI is InChI=1S/C12H22N2O3S/c1-9(18(2,16)17)12(15)13-10-6-8-14-7-4-3-5-11(10)14/h9-11H,3-8H2,1-2H3,(H,13,15)/t9-,10+,11+/m1/s1. The van der Waals surface area contributed by atoms with E-state index in [4.69, 9.17) is 0 Å². The Morgan fingerprint density at radius 1 is 1.28 bits per heavy atom. The third-order valence-corrected chi connectivity index (χ3v) is 5.69. The minimum Gasteiger partial charge on any atom is -0.351 e. The fraction of sp³-hybridized carbons (Fsp3) is 0.917. The van der Waals surface area contributed by atoms with Crippen LogP contribution >= 0.6 is 0 Å². The van der Waals surface area contributed by atoms with Crippen molar-refractivity contribution in [2.45, 2.75) is 49.9 Å². The molecule has 0 unspecified atom stereocenters. The lowest BCUT2D eigenvalue weighted by molar-refractivity contribution is -0.121. The van der Waals surface area contributed by atoms with Gasteiger partial charge >= 0.3 is 0 Å². The van der Waals surface area contributed by atoms with Crippen molar-refractivity contribution in [3.05, 3.63) is 0 Å². The Kier molecular flexibility index (Phi) is 3.96. The lowest BCUT2D eigenvalue weighted by Gasteiger charge is -2.32. The first-order valence-corrected chi connectivity index (χ1v) is 8.58. The van der Waals surface area contributed by atoms with Crippen LogP contribution in [0.25, 0.3) is 0 Å². The maximum absolute atomic E-state index is 11.9. The molecular formula is C12H22N2O3S. The summed E-state index contributed by atoms with van der Waals surface area (Å²) in [6.07, 6.45) is 5.59. The molecule has 0 spiro atoms. The summed E-state index contributed by atoms with van der Waals surface area (Å²) < 4.78 is 22.7. The van der Waals surface area contributed by atoms with E-state index in [2.05, 4.69) is 10.2 Å². The summed E-state index contributed by atoms with van der Waals surface area (Å²) in [6, 6.07) is 0.538. The lowest BCUT2D eigenvalue weighted by atomic mass is 9.99. The second-order valence-electron chi connectivity index (χ2n) is 5.47. The third kappa shape index (κ3) is 2.85. The van der Waals surface area contributed by atoms with Crippen LogP contribution in [0, 0.1) is 0 Å². The van der Waals surface area contributed by atoms with E-state index < -0.39 is 15.1 Å². The summed E-state index contributed by atoms with van der Waals surface area (Å²) in [5.41, 5.74) is 0. The molecule has 104 valence electrons. The van der Waals surface area contributed by atoms with E-state index in [1.165, 1.54) is 19.8 Å². The molecule has 2 heterocycles. The lowest BCUT2D eigenvalue weighted by Crippen LogP contribution is -2.50. The first-order chi connectivity index (χ1) is 8.39. The highest BCUT2D eigenvalue weighted by molar-refractivity contribution is 7.92. The highest BCUT2D eigenvalue weighted by Crippen LogP contribution is 2.27. The minimum absolute atomic E-state index is 0.127. The first-order valence-electron chi connectivity index (χ1n) is 6.63. The summed E-state index contributed by atoms with van der Waals surface area (Å²) in [6.45, 7) is 3.58. The van der Waals surface area contributed by atoms with Gasteiger partial charge in [0.15, 0.2) is 9.84 Å². The van der Waals surface area contributed by atoms with Crippen molar-refractivity contribution in [3.8, 4) is 0 Å². The van der Waals surface area contributed by atoms with Gasteiger partial charge in [0.1, 0.15) is 5.25 Å². The Labute approximate surface area is 109 Å². The number of nitrogens with one attached hydrogen (secondary N) is 1. The molecule has 0 aromatic heterocycles. The molecule has 3 atom stereocenters. The van der Waals surface area contributed by atoms with Crippen LogP contribution in [0.15, 0.2) is 0 Å². The second kappa shape index (κ2) is 5.17. The molecule has 6 heteroatoms. The predicted molar refractivity (Wildman–Crippen MR) is 70.1 cm³/mol. The van der Waals surface area contributed by atoms with E-state index in [-0.39, 0.29) is 11.9 Å². The van der Waals surface area contributed by atoms with Gasteiger partial charge in [-0.25, -0.2) is 8.42 Å². The SMILES string of the molecule is C[C@H](C(=O)N[C@H]1CCN2CCCC[C@@H]12)S(C)(=O)=O. The van der Waals surface area contributed by atoms with Gasteiger partial charge in [-0.3, -0.25) is 9.69 Å². The molecule has 18 heavy (non-hydrogen) atoms. The summed E-state index contributed by atoms with van der Waals surface area (Å²) in [7, 11) is -3.30. The Balaban J connectivity index is 1.96. The predicted octanol–water partition coefficient (Wildman–Crippen LogP) is 0.163. The molecule has 2 aliphatic rings. The molecule has 0 saturated carbocycles. The average Bonchev–Trinajstić information content (AvgIpc) is 2.70. The number of rotatable bonds is 3. The number of piperidine rings is 1. The van der Waals surface area contributed by atoms with Crippen LogP contribution < -0.4 is 5.32 Å². The smallest absolute Gasteiger partial charge is 0.238 e. The summed E-state index contributed by atoms with van der Waals surface area (Å²) in [5.74, 6) is -0.352. The van der Waals surface area contributed by atoms with Crippen LogP contribution in [0.5, 0.6) is 0 Å². The zero-order chi connectivity index (χ0) is 13.3. The number of hydrogen-bond acceptors (Lipinski definition) is 4. The maximum Gasteiger partial charge on any atom is 0.238 e. The Morgan fingerprint density at radius 2 is 2.00 bits per heavy atom. The number of hydrogen-bond donors (Lipinski definition) is 1. The van der Waals surface area contributed by atoms with Crippen molar-refractivity contribution < 1.29 is 13.2 Å². The molecule has 0 aliphatic carbocycles. The minimum atomic E-state index is -3.30. The van der Waals surface area contributed by atoms with E-state index in [1.54, 1.807) is 0 Å². The van der Waals surface area contributed by atoms with E-state index in [9.17, 15) is 13.2 Å². The van der Waals surface area contributed by atoms with Crippen LogP contribution in [-0.2, 0) is 14.6 Å². The van der Waals surface area contributed by atoms with Gasteiger partial charge in [0.25, 0.3) is 0 Å². The molecule has 5 nitrogen and oxygen atoms in total. The van der Waals surface area contributed by atoms with Gasteiger partial charge in [0, 0.05) is 24.9 Å². The zero-order valence-corrected chi connectivity index (χ0v) is 11.9. The topological polar surface area (TPSA) is 66.5 Å². The number of amides is 1. The molecular weight excluding hydrogens is 252 g/mol. The van der Waals surface area contributed by atoms with E-state index in [0.717, 1.165) is 32.2 Å². The molecule has 0 radical (unpaired) electrons. The summed E-state index contributed by atoms with van der Waals surface area (Å²) in [5, 5.41) is 1.98. The van der Waals surface area contributed by atoms with Crippen molar-refractivity contribution in [2.75, 3.05) is 19.3 Å². The van der Waals surface area contributed by atoms with Crippen molar-refractivity contribution in [1.82, 2.24) is 10.2 Å². The van der Waals surface area contributed by atoms with Gasteiger partial charge in [-0.1, -0.05) is 6.42 Å².